The van der Waals surface area contributed by atoms with Crippen molar-refractivity contribution in [3.05, 3.63) is 35.4 Å². The summed E-state index contributed by atoms with van der Waals surface area (Å²) in [7, 11) is 0. The lowest BCUT2D eigenvalue weighted by Crippen LogP contribution is -2.39. The van der Waals surface area contributed by atoms with Crippen LogP contribution in [0.4, 0.5) is 0 Å². The van der Waals surface area contributed by atoms with Crippen molar-refractivity contribution in [1.82, 2.24) is 5.32 Å². The molecule has 1 unspecified atom stereocenters. The second-order valence-corrected chi connectivity index (χ2v) is 5.51. The molecular formula is C16H21NO3. The summed E-state index contributed by atoms with van der Waals surface area (Å²) in [6.07, 6.45) is 6.00. The Labute approximate surface area is 119 Å². The van der Waals surface area contributed by atoms with Crippen LogP contribution in [0.1, 0.15) is 59.7 Å². The molecule has 1 saturated carbocycles. The molecule has 1 aromatic rings. The average molecular weight is 275 g/mol. The smallest absolute Gasteiger partial charge is 0.336 e. The molecule has 0 aromatic heterocycles. The molecule has 1 aromatic carbocycles. The molecule has 1 amide bonds. The number of carboxylic acid groups (broad SMARTS) is 1. The van der Waals surface area contributed by atoms with E-state index in [-0.39, 0.29) is 23.1 Å². The molecule has 0 saturated heterocycles. The molecule has 4 heteroatoms. The zero-order chi connectivity index (χ0) is 14.5. The van der Waals surface area contributed by atoms with E-state index in [2.05, 4.69) is 5.32 Å². The van der Waals surface area contributed by atoms with Gasteiger partial charge in [0.15, 0.2) is 0 Å². The quantitative estimate of drug-likeness (QED) is 0.887. The van der Waals surface area contributed by atoms with E-state index in [4.69, 9.17) is 5.11 Å². The van der Waals surface area contributed by atoms with Gasteiger partial charge in [-0.2, -0.15) is 0 Å². The number of carbonyl (C=O) groups is 2. The second-order valence-electron chi connectivity index (χ2n) is 5.51. The lowest BCUT2D eigenvalue weighted by Gasteiger charge is -2.28. The molecule has 0 radical (unpaired) electrons. The SMILES string of the molecule is CC(NC(=O)c1ccccc1C(=O)O)C1CCCCC1. The third kappa shape index (κ3) is 3.38. The minimum absolute atomic E-state index is 0.0563. The van der Waals surface area contributed by atoms with Gasteiger partial charge in [-0.1, -0.05) is 31.4 Å². The second kappa shape index (κ2) is 6.55. The van der Waals surface area contributed by atoms with E-state index in [1.807, 2.05) is 6.92 Å². The van der Waals surface area contributed by atoms with Gasteiger partial charge in [0, 0.05) is 6.04 Å². The molecule has 1 aliphatic carbocycles. The summed E-state index contributed by atoms with van der Waals surface area (Å²) in [6, 6.07) is 6.43. The van der Waals surface area contributed by atoms with Gasteiger partial charge in [-0.25, -0.2) is 4.79 Å². The Morgan fingerprint density at radius 3 is 2.35 bits per heavy atom. The summed E-state index contributed by atoms with van der Waals surface area (Å²) in [5.74, 6) is -0.855. The minimum Gasteiger partial charge on any atom is -0.478 e. The number of aromatic carboxylic acids is 1. The van der Waals surface area contributed by atoms with Crippen LogP contribution < -0.4 is 5.32 Å². The molecule has 0 aliphatic heterocycles. The van der Waals surface area contributed by atoms with Gasteiger partial charge in [-0.15, -0.1) is 0 Å². The number of rotatable bonds is 4. The number of hydrogen-bond acceptors (Lipinski definition) is 2. The maximum atomic E-state index is 12.2. The number of hydrogen-bond donors (Lipinski definition) is 2. The van der Waals surface area contributed by atoms with Gasteiger partial charge in [-0.05, 0) is 37.8 Å². The standard InChI is InChI=1S/C16H21NO3/c1-11(12-7-3-2-4-8-12)17-15(18)13-9-5-6-10-14(13)16(19)20/h5-6,9-12H,2-4,7-8H2,1H3,(H,17,18)(H,19,20). The highest BCUT2D eigenvalue weighted by Gasteiger charge is 2.23. The van der Waals surface area contributed by atoms with Crippen LogP contribution in [0.15, 0.2) is 24.3 Å². The van der Waals surface area contributed by atoms with Gasteiger partial charge in [0.25, 0.3) is 5.91 Å². The van der Waals surface area contributed by atoms with Crippen LogP contribution in [0.2, 0.25) is 0 Å². The summed E-state index contributed by atoms with van der Waals surface area (Å²) < 4.78 is 0. The maximum absolute atomic E-state index is 12.2. The van der Waals surface area contributed by atoms with Crippen molar-refractivity contribution in [3.63, 3.8) is 0 Å². The molecular weight excluding hydrogens is 254 g/mol. The largest absolute Gasteiger partial charge is 0.478 e. The monoisotopic (exact) mass is 275 g/mol. The van der Waals surface area contributed by atoms with Crippen LogP contribution >= 0.6 is 0 Å². The van der Waals surface area contributed by atoms with Gasteiger partial charge in [0.05, 0.1) is 11.1 Å². The van der Waals surface area contributed by atoms with Crippen LogP contribution in [0.25, 0.3) is 0 Å². The van der Waals surface area contributed by atoms with Gasteiger partial charge in [0.2, 0.25) is 0 Å². The third-order valence-electron chi connectivity index (χ3n) is 4.12. The van der Waals surface area contributed by atoms with Crippen molar-refractivity contribution < 1.29 is 14.7 Å². The molecule has 1 fully saturated rings. The molecule has 0 bridgehead atoms. The highest BCUT2D eigenvalue weighted by Crippen LogP contribution is 2.26. The molecule has 1 aliphatic rings. The molecule has 0 spiro atoms. The minimum atomic E-state index is -1.07. The van der Waals surface area contributed by atoms with E-state index in [0.29, 0.717) is 5.92 Å². The van der Waals surface area contributed by atoms with Crippen LogP contribution in [0.5, 0.6) is 0 Å². The van der Waals surface area contributed by atoms with Crippen LogP contribution in [0.3, 0.4) is 0 Å². The average Bonchev–Trinajstić information content (AvgIpc) is 2.48. The van der Waals surface area contributed by atoms with Gasteiger partial charge in [0.1, 0.15) is 0 Å². The Bertz CT molecular complexity index is 492. The molecule has 1 atom stereocenters. The number of nitrogens with one attached hydrogen (secondary N) is 1. The fraction of sp³-hybridized carbons (Fsp3) is 0.500. The summed E-state index contributed by atoms with van der Waals surface area (Å²) >= 11 is 0. The lowest BCUT2D eigenvalue weighted by molar-refractivity contribution is 0.0690. The highest BCUT2D eigenvalue weighted by molar-refractivity contribution is 6.04. The van der Waals surface area contributed by atoms with E-state index in [0.717, 1.165) is 12.8 Å². The van der Waals surface area contributed by atoms with Crippen molar-refractivity contribution in [2.24, 2.45) is 5.92 Å². The predicted molar refractivity (Wildman–Crippen MR) is 76.9 cm³/mol. The Hall–Kier alpha value is -1.84. The van der Waals surface area contributed by atoms with Crippen molar-refractivity contribution in [2.75, 3.05) is 0 Å². The Balaban J connectivity index is 2.06. The zero-order valence-electron chi connectivity index (χ0n) is 11.8. The van der Waals surface area contributed by atoms with Crippen LogP contribution in [-0.4, -0.2) is 23.0 Å². The first-order valence-corrected chi connectivity index (χ1v) is 7.23. The number of carboxylic acids is 1. The normalized spacial score (nSPS) is 17.4. The molecule has 2 rings (SSSR count). The van der Waals surface area contributed by atoms with Gasteiger partial charge >= 0.3 is 5.97 Å². The molecule has 4 nitrogen and oxygen atoms in total. The first-order valence-electron chi connectivity index (χ1n) is 7.23. The van der Waals surface area contributed by atoms with Gasteiger partial charge in [-0.3, -0.25) is 4.79 Å². The Morgan fingerprint density at radius 2 is 1.75 bits per heavy atom. The van der Waals surface area contributed by atoms with E-state index in [1.165, 1.54) is 25.3 Å². The zero-order valence-corrected chi connectivity index (χ0v) is 11.8. The van der Waals surface area contributed by atoms with Crippen LogP contribution in [-0.2, 0) is 0 Å². The first kappa shape index (κ1) is 14.6. The van der Waals surface area contributed by atoms with Crippen LogP contribution in [0, 0.1) is 5.92 Å². The van der Waals surface area contributed by atoms with E-state index in [9.17, 15) is 9.59 Å². The number of amides is 1. The first-order chi connectivity index (χ1) is 9.59. The third-order valence-corrected chi connectivity index (χ3v) is 4.12. The molecule has 20 heavy (non-hydrogen) atoms. The Kier molecular flexibility index (Phi) is 4.77. The van der Waals surface area contributed by atoms with E-state index >= 15 is 0 Å². The number of carbonyl (C=O) groups excluding carboxylic acids is 1. The molecule has 0 heterocycles. The predicted octanol–water partition coefficient (Wildman–Crippen LogP) is 3.08. The van der Waals surface area contributed by atoms with Gasteiger partial charge < -0.3 is 10.4 Å². The van der Waals surface area contributed by atoms with Crippen molar-refractivity contribution in [2.45, 2.75) is 45.1 Å². The van der Waals surface area contributed by atoms with E-state index in [1.54, 1.807) is 18.2 Å². The maximum Gasteiger partial charge on any atom is 0.336 e. The lowest BCUT2D eigenvalue weighted by atomic mass is 9.84. The van der Waals surface area contributed by atoms with Crippen molar-refractivity contribution in [1.29, 1.82) is 0 Å². The highest BCUT2D eigenvalue weighted by atomic mass is 16.4. The summed E-state index contributed by atoms with van der Waals surface area (Å²) in [5.41, 5.74) is 0.295. The summed E-state index contributed by atoms with van der Waals surface area (Å²) in [4.78, 5) is 23.4. The Morgan fingerprint density at radius 1 is 1.15 bits per heavy atom. The fourth-order valence-electron chi connectivity index (χ4n) is 2.90. The van der Waals surface area contributed by atoms with Crippen molar-refractivity contribution in [3.8, 4) is 0 Å². The van der Waals surface area contributed by atoms with Crippen molar-refractivity contribution >= 4 is 11.9 Å². The fourth-order valence-corrected chi connectivity index (χ4v) is 2.90. The molecule has 2 N–H and O–H groups in total. The summed E-state index contributed by atoms with van der Waals surface area (Å²) in [5, 5.41) is 12.1. The topological polar surface area (TPSA) is 66.4 Å². The van der Waals surface area contributed by atoms with E-state index < -0.39 is 5.97 Å². The molecule has 108 valence electrons. The number of benzene rings is 1. The summed E-state index contributed by atoms with van der Waals surface area (Å²) in [6.45, 7) is 2.01.